The van der Waals surface area contributed by atoms with E-state index in [0.29, 0.717) is 23.6 Å². The minimum atomic E-state index is -0.183. The number of nitrogens with zero attached hydrogens (tertiary/aromatic N) is 2. The third-order valence-corrected chi connectivity index (χ3v) is 3.27. The summed E-state index contributed by atoms with van der Waals surface area (Å²) in [5.74, 6) is 0.169. The van der Waals surface area contributed by atoms with Crippen LogP contribution in [0.25, 0.3) is 0 Å². The molecule has 0 fully saturated rings. The highest BCUT2D eigenvalue weighted by atomic mass is 35.5. The number of aryl methyl sites for hydroxylation is 2. The maximum absolute atomic E-state index is 12.4. The van der Waals surface area contributed by atoms with Crippen LogP contribution < -0.4 is 5.32 Å². The van der Waals surface area contributed by atoms with Crippen LogP contribution >= 0.6 is 11.6 Å². The van der Waals surface area contributed by atoms with Crippen molar-refractivity contribution in [3.8, 4) is 0 Å². The Hall–Kier alpha value is -1.94. The van der Waals surface area contributed by atoms with Gasteiger partial charge < -0.3 is 5.32 Å². The first-order valence-electron chi connectivity index (χ1n) is 6.44. The van der Waals surface area contributed by atoms with E-state index >= 15 is 0 Å². The van der Waals surface area contributed by atoms with Crippen molar-refractivity contribution < 1.29 is 4.79 Å². The van der Waals surface area contributed by atoms with E-state index < -0.39 is 0 Å². The molecule has 2 aromatic rings. The van der Waals surface area contributed by atoms with Gasteiger partial charge in [0.25, 0.3) is 5.91 Å². The van der Waals surface area contributed by atoms with E-state index in [9.17, 15) is 4.79 Å². The van der Waals surface area contributed by atoms with Crippen LogP contribution in [0.2, 0.25) is 0 Å². The van der Waals surface area contributed by atoms with Crippen LogP contribution in [0.5, 0.6) is 0 Å². The molecule has 0 unspecified atom stereocenters. The van der Waals surface area contributed by atoms with Gasteiger partial charge in [-0.25, -0.2) is 0 Å². The Balaban J connectivity index is 2.30. The Bertz CT molecular complexity index is 628. The molecule has 1 amide bonds. The number of nitrogens with one attached hydrogen (secondary N) is 1. The zero-order valence-corrected chi connectivity index (χ0v) is 12.2. The van der Waals surface area contributed by atoms with Gasteiger partial charge in [-0.3, -0.25) is 4.79 Å². The molecule has 0 bridgehead atoms. The summed E-state index contributed by atoms with van der Waals surface area (Å²) >= 11 is 5.87. The molecule has 20 heavy (non-hydrogen) atoms. The summed E-state index contributed by atoms with van der Waals surface area (Å²) in [7, 11) is 0. The van der Waals surface area contributed by atoms with E-state index in [4.69, 9.17) is 11.6 Å². The molecule has 1 N–H and O–H groups in total. The molecule has 5 heteroatoms. The zero-order chi connectivity index (χ0) is 14.5. The summed E-state index contributed by atoms with van der Waals surface area (Å²) in [6, 6.07) is 9.23. The number of para-hydroxylation sites is 1. The Labute approximate surface area is 123 Å². The first-order chi connectivity index (χ1) is 9.65. The summed E-state index contributed by atoms with van der Waals surface area (Å²) in [5.41, 5.74) is 3.59. The van der Waals surface area contributed by atoms with Gasteiger partial charge in [0.15, 0.2) is 0 Å². The number of anilines is 1. The fourth-order valence-electron chi connectivity index (χ4n) is 1.92. The number of hydrogen-bond acceptors (Lipinski definition) is 3. The lowest BCUT2D eigenvalue weighted by Crippen LogP contribution is -2.17. The standard InChI is InChI=1S/C15H16ClN3O/c1-3-13-12(8-10(2)18-19-13)15(20)17-14-7-5-4-6-11(14)9-16/h4-8H,3,9H2,1-2H3,(H,17,20). The van der Waals surface area contributed by atoms with Crippen molar-refractivity contribution in [2.45, 2.75) is 26.1 Å². The lowest BCUT2D eigenvalue weighted by Gasteiger charge is -2.11. The van der Waals surface area contributed by atoms with E-state index in [1.165, 1.54) is 0 Å². The number of alkyl halides is 1. The summed E-state index contributed by atoms with van der Waals surface area (Å²) < 4.78 is 0. The maximum atomic E-state index is 12.4. The zero-order valence-electron chi connectivity index (χ0n) is 11.5. The van der Waals surface area contributed by atoms with E-state index in [1.54, 1.807) is 6.07 Å². The van der Waals surface area contributed by atoms with Gasteiger partial charge in [-0.1, -0.05) is 25.1 Å². The third kappa shape index (κ3) is 3.14. The van der Waals surface area contributed by atoms with Crippen molar-refractivity contribution in [2.75, 3.05) is 5.32 Å². The molecule has 0 atom stereocenters. The number of amides is 1. The molecule has 0 saturated carbocycles. The molecule has 0 aliphatic rings. The van der Waals surface area contributed by atoms with Gasteiger partial charge in [0.2, 0.25) is 0 Å². The molecule has 1 aromatic carbocycles. The van der Waals surface area contributed by atoms with Crippen molar-refractivity contribution in [3.05, 3.63) is 52.8 Å². The smallest absolute Gasteiger partial charge is 0.257 e. The Morgan fingerprint density at radius 1 is 1.30 bits per heavy atom. The van der Waals surface area contributed by atoms with Crippen LogP contribution in [0, 0.1) is 6.92 Å². The second kappa shape index (κ2) is 6.48. The maximum Gasteiger partial charge on any atom is 0.257 e. The van der Waals surface area contributed by atoms with Crippen molar-refractivity contribution in [1.29, 1.82) is 0 Å². The highest BCUT2D eigenvalue weighted by Gasteiger charge is 2.14. The Kier molecular flexibility index (Phi) is 4.69. The average Bonchev–Trinajstić information content (AvgIpc) is 2.47. The van der Waals surface area contributed by atoms with E-state index in [-0.39, 0.29) is 5.91 Å². The predicted molar refractivity (Wildman–Crippen MR) is 80.1 cm³/mol. The predicted octanol–water partition coefficient (Wildman–Crippen LogP) is 3.34. The summed E-state index contributed by atoms with van der Waals surface area (Å²) in [6.45, 7) is 3.76. The van der Waals surface area contributed by atoms with E-state index in [2.05, 4.69) is 15.5 Å². The first-order valence-corrected chi connectivity index (χ1v) is 6.97. The van der Waals surface area contributed by atoms with Crippen LogP contribution in [-0.2, 0) is 12.3 Å². The molecule has 1 aromatic heterocycles. The van der Waals surface area contributed by atoms with E-state index in [1.807, 2.05) is 38.1 Å². The van der Waals surface area contributed by atoms with Crippen LogP contribution in [0.4, 0.5) is 5.69 Å². The minimum absolute atomic E-state index is 0.183. The highest BCUT2D eigenvalue weighted by molar-refractivity contribution is 6.17. The average molecular weight is 290 g/mol. The number of halogens is 1. The fourth-order valence-corrected chi connectivity index (χ4v) is 2.15. The molecule has 104 valence electrons. The van der Waals surface area contributed by atoms with Crippen molar-refractivity contribution >= 4 is 23.2 Å². The monoisotopic (exact) mass is 289 g/mol. The van der Waals surface area contributed by atoms with Crippen LogP contribution in [0.1, 0.15) is 34.2 Å². The van der Waals surface area contributed by atoms with Gasteiger partial charge in [-0.2, -0.15) is 10.2 Å². The Morgan fingerprint density at radius 3 is 2.75 bits per heavy atom. The molecule has 1 heterocycles. The molecule has 0 aliphatic carbocycles. The van der Waals surface area contributed by atoms with Gasteiger partial charge in [0.05, 0.1) is 17.0 Å². The quantitative estimate of drug-likeness (QED) is 0.878. The van der Waals surface area contributed by atoms with Crippen LogP contribution in [-0.4, -0.2) is 16.1 Å². The fraction of sp³-hybridized carbons (Fsp3) is 0.267. The molecular weight excluding hydrogens is 274 g/mol. The largest absolute Gasteiger partial charge is 0.322 e. The number of benzene rings is 1. The third-order valence-electron chi connectivity index (χ3n) is 2.98. The highest BCUT2D eigenvalue weighted by Crippen LogP contribution is 2.19. The van der Waals surface area contributed by atoms with Gasteiger partial charge in [0, 0.05) is 11.6 Å². The Morgan fingerprint density at radius 2 is 2.05 bits per heavy atom. The SMILES string of the molecule is CCc1nnc(C)cc1C(=O)Nc1ccccc1CCl. The van der Waals surface area contributed by atoms with Gasteiger partial charge >= 0.3 is 0 Å². The number of carbonyl (C=O) groups excluding carboxylic acids is 1. The second-order valence-corrected chi connectivity index (χ2v) is 4.71. The number of aromatic nitrogens is 2. The normalized spacial score (nSPS) is 10.3. The topological polar surface area (TPSA) is 54.9 Å². The molecular formula is C15H16ClN3O. The van der Waals surface area contributed by atoms with Gasteiger partial charge in [0.1, 0.15) is 0 Å². The van der Waals surface area contributed by atoms with Gasteiger partial charge in [-0.05, 0) is 31.0 Å². The number of rotatable bonds is 4. The second-order valence-electron chi connectivity index (χ2n) is 4.44. The minimum Gasteiger partial charge on any atom is -0.322 e. The summed E-state index contributed by atoms with van der Waals surface area (Å²) in [5, 5.41) is 10.9. The molecule has 0 spiro atoms. The molecule has 0 radical (unpaired) electrons. The molecule has 2 rings (SSSR count). The van der Waals surface area contributed by atoms with Crippen molar-refractivity contribution in [1.82, 2.24) is 10.2 Å². The van der Waals surface area contributed by atoms with E-state index in [0.717, 1.165) is 16.9 Å². The molecule has 4 nitrogen and oxygen atoms in total. The molecule has 0 saturated heterocycles. The summed E-state index contributed by atoms with van der Waals surface area (Å²) in [4.78, 5) is 12.4. The first kappa shape index (κ1) is 14.5. The van der Waals surface area contributed by atoms with Crippen molar-refractivity contribution in [2.24, 2.45) is 0 Å². The lowest BCUT2D eigenvalue weighted by atomic mass is 10.1. The molecule has 0 aliphatic heterocycles. The lowest BCUT2D eigenvalue weighted by molar-refractivity contribution is 0.102. The van der Waals surface area contributed by atoms with Crippen LogP contribution in [0.3, 0.4) is 0 Å². The number of carbonyl (C=O) groups is 1. The van der Waals surface area contributed by atoms with Crippen molar-refractivity contribution in [3.63, 3.8) is 0 Å². The van der Waals surface area contributed by atoms with Crippen LogP contribution in [0.15, 0.2) is 30.3 Å². The number of hydrogen-bond donors (Lipinski definition) is 1. The summed E-state index contributed by atoms with van der Waals surface area (Å²) in [6.07, 6.45) is 0.660. The van der Waals surface area contributed by atoms with Gasteiger partial charge in [-0.15, -0.1) is 11.6 Å².